The summed E-state index contributed by atoms with van der Waals surface area (Å²) in [5, 5.41) is 10.3. The van der Waals surface area contributed by atoms with Gasteiger partial charge in [0.25, 0.3) is 0 Å². The van der Waals surface area contributed by atoms with Crippen molar-refractivity contribution in [3.05, 3.63) is 19.2 Å². The minimum absolute atomic E-state index is 0.0657. The first-order valence-corrected chi connectivity index (χ1v) is 7.32. The SMILES string of the molecule is NCC1(C(O)c2cc(Br)c(Br)s2)CCC1. The molecule has 1 unspecified atom stereocenters. The van der Waals surface area contributed by atoms with E-state index in [1.54, 1.807) is 11.3 Å². The second kappa shape index (κ2) is 4.45. The molecular formula is C10H13Br2NOS. The van der Waals surface area contributed by atoms with E-state index in [0.717, 1.165) is 26.0 Å². The van der Waals surface area contributed by atoms with E-state index in [4.69, 9.17) is 5.73 Å². The highest BCUT2D eigenvalue weighted by molar-refractivity contribution is 9.13. The molecule has 0 bridgehead atoms. The maximum absolute atomic E-state index is 10.3. The van der Waals surface area contributed by atoms with Crippen LogP contribution in [0.1, 0.15) is 30.2 Å². The molecule has 1 atom stereocenters. The van der Waals surface area contributed by atoms with Crippen LogP contribution in [0.15, 0.2) is 14.3 Å². The van der Waals surface area contributed by atoms with Gasteiger partial charge in [-0.3, -0.25) is 0 Å². The van der Waals surface area contributed by atoms with Crippen LogP contribution in [0, 0.1) is 5.41 Å². The van der Waals surface area contributed by atoms with Crippen LogP contribution in [0.2, 0.25) is 0 Å². The molecule has 15 heavy (non-hydrogen) atoms. The Labute approximate surface area is 110 Å². The fourth-order valence-electron chi connectivity index (χ4n) is 2.02. The lowest BCUT2D eigenvalue weighted by molar-refractivity contribution is -0.0275. The maximum atomic E-state index is 10.3. The first-order valence-electron chi connectivity index (χ1n) is 4.92. The van der Waals surface area contributed by atoms with Gasteiger partial charge in [-0.15, -0.1) is 11.3 Å². The molecule has 3 N–H and O–H groups in total. The number of thiophene rings is 1. The fourth-order valence-corrected chi connectivity index (χ4v) is 4.24. The zero-order valence-corrected chi connectivity index (χ0v) is 12.2. The molecule has 1 aliphatic carbocycles. The maximum Gasteiger partial charge on any atom is 0.0950 e. The number of hydrogen-bond acceptors (Lipinski definition) is 3. The van der Waals surface area contributed by atoms with Crippen molar-refractivity contribution in [1.82, 2.24) is 0 Å². The molecule has 1 aliphatic rings. The summed E-state index contributed by atoms with van der Waals surface area (Å²) in [4.78, 5) is 0.999. The van der Waals surface area contributed by atoms with Gasteiger partial charge >= 0.3 is 0 Å². The van der Waals surface area contributed by atoms with E-state index < -0.39 is 6.10 Å². The van der Waals surface area contributed by atoms with E-state index in [-0.39, 0.29) is 5.41 Å². The summed E-state index contributed by atoms with van der Waals surface area (Å²) in [6, 6.07) is 1.98. The van der Waals surface area contributed by atoms with Crippen LogP contribution in [0.3, 0.4) is 0 Å². The highest BCUT2D eigenvalue weighted by atomic mass is 79.9. The Hall–Kier alpha value is 0.580. The van der Waals surface area contributed by atoms with Crippen molar-refractivity contribution in [3.63, 3.8) is 0 Å². The topological polar surface area (TPSA) is 46.2 Å². The Morgan fingerprint density at radius 2 is 2.20 bits per heavy atom. The van der Waals surface area contributed by atoms with Crippen LogP contribution in [0.4, 0.5) is 0 Å². The Morgan fingerprint density at radius 3 is 2.53 bits per heavy atom. The first kappa shape index (κ1) is 12.0. The molecule has 84 valence electrons. The number of rotatable bonds is 3. The van der Waals surface area contributed by atoms with E-state index in [1.807, 2.05) is 6.07 Å². The molecule has 1 saturated carbocycles. The van der Waals surface area contributed by atoms with Crippen molar-refractivity contribution >= 4 is 43.2 Å². The highest BCUT2D eigenvalue weighted by Crippen LogP contribution is 2.51. The van der Waals surface area contributed by atoms with Crippen LogP contribution in [-0.2, 0) is 0 Å². The van der Waals surface area contributed by atoms with Gasteiger partial charge in [-0.05, 0) is 50.8 Å². The Morgan fingerprint density at radius 1 is 1.53 bits per heavy atom. The molecule has 0 radical (unpaired) electrons. The third kappa shape index (κ3) is 2.05. The fraction of sp³-hybridized carbons (Fsp3) is 0.600. The highest BCUT2D eigenvalue weighted by Gasteiger charge is 2.43. The molecule has 0 aromatic carbocycles. The predicted molar refractivity (Wildman–Crippen MR) is 70.0 cm³/mol. The molecule has 2 nitrogen and oxygen atoms in total. The molecule has 1 fully saturated rings. The van der Waals surface area contributed by atoms with Crippen LogP contribution < -0.4 is 5.73 Å². The molecule has 1 heterocycles. The van der Waals surface area contributed by atoms with Crippen LogP contribution >= 0.6 is 43.2 Å². The van der Waals surface area contributed by atoms with Gasteiger partial charge < -0.3 is 10.8 Å². The van der Waals surface area contributed by atoms with E-state index in [9.17, 15) is 5.11 Å². The molecule has 2 rings (SSSR count). The van der Waals surface area contributed by atoms with E-state index in [1.165, 1.54) is 6.42 Å². The quantitative estimate of drug-likeness (QED) is 0.873. The van der Waals surface area contributed by atoms with Gasteiger partial charge in [-0.2, -0.15) is 0 Å². The number of hydrogen-bond donors (Lipinski definition) is 2. The van der Waals surface area contributed by atoms with Gasteiger partial charge in [0.05, 0.1) is 9.89 Å². The van der Waals surface area contributed by atoms with Gasteiger partial charge in [-0.1, -0.05) is 6.42 Å². The smallest absolute Gasteiger partial charge is 0.0950 e. The lowest BCUT2D eigenvalue weighted by Gasteiger charge is -2.44. The van der Waals surface area contributed by atoms with Crippen molar-refractivity contribution in [2.75, 3.05) is 6.54 Å². The largest absolute Gasteiger partial charge is 0.387 e. The summed E-state index contributed by atoms with van der Waals surface area (Å²) in [7, 11) is 0. The van der Waals surface area contributed by atoms with Crippen molar-refractivity contribution in [2.24, 2.45) is 11.1 Å². The van der Waals surface area contributed by atoms with Gasteiger partial charge in [0.1, 0.15) is 0 Å². The third-order valence-electron chi connectivity index (χ3n) is 3.27. The molecule has 5 heteroatoms. The standard InChI is InChI=1S/C10H13Br2NOS/c11-6-4-7(15-9(6)12)8(14)10(5-13)2-1-3-10/h4,8,14H,1-3,5,13H2. The lowest BCUT2D eigenvalue weighted by atomic mass is 9.65. The second-order valence-corrected chi connectivity index (χ2v) is 7.35. The summed E-state index contributed by atoms with van der Waals surface area (Å²) in [6.07, 6.45) is 2.85. The van der Waals surface area contributed by atoms with Crippen LogP contribution in [0.5, 0.6) is 0 Å². The summed E-state index contributed by atoms with van der Waals surface area (Å²) in [5.74, 6) is 0. The van der Waals surface area contributed by atoms with E-state index in [0.29, 0.717) is 6.54 Å². The second-order valence-electron chi connectivity index (χ2n) is 4.09. The normalized spacial score (nSPS) is 21.1. The van der Waals surface area contributed by atoms with E-state index in [2.05, 4.69) is 31.9 Å². The van der Waals surface area contributed by atoms with Gasteiger partial charge in [0.2, 0.25) is 0 Å². The molecule has 0 aliphatic heterocycles. The average Bonchev–Trinajstić information content (AvgIpc) is 2.46. The minimum atomic E-state index is -0.413. The molecule has 0 amide bonds. The van der Waals surface area contributed by atoms with Gasteiger partial charge in [0.15, 0.2) is 0 Å². The molecule has 1 aromatic rings. The summed E-state index contributed by atoms with van der Waals surface area (Å²) < 4.78 is 2.04. The Bertz CT molecular complexity index is 337. The minimum Gasteiger partial charge on any atom is -0.387 e. The summed E-state index contributed by atoms with van der Waals surface area (Å²) >= 11 is 8.45. The number of halogens is 2. The van der Waals surface area contributed by atoms with Crippen LogP contribution in [0.25, 0.3) is 0 Å². The summed E-state index contributed by atoms with van der Waals surface area (Å²) in [6.45, 7) is 0.571. The van der Waals surface area contributed by atoms with Gasteiger partial charge in [-0.25, -0.2) is 0 Å². The number of nitrogens with two attached hydrogens (primary N) is 1. The monoisotopic (exact) mass is 353 g/mol. The van der Waals surface area contributed by atoms with Crippen molar-refractivity contribution in [2.45, 2.75) is 25.4 Å². The van der Waals surface area contributed by atoms with Gasteiger partial charge in [0, 0.05) is 21.3 Å². The molecule has 0 saturated heterocycles. The summed E-state index contributed by atoms with van der Waals surface area (Å²) in [5.41, 5.74) is 5.71. The Balaban J connectivity index is 2.23. The van der Waals surface area contributed by atoms with E-state index >= 15 is 0 Å². The number of aliphatic hydroxyl groups excluding tert-OH is 1. The van der Waals surface area contributed by atoms with Crippen molar-refractivity contribution in [3.8, 4) is 0 Å². The third-order valence-corrected chi connectivity index (χ3v) is 6.58. The Kier molecular flexibility index (Phi) is 3.57. The predicted octanol–water partition coefficient (Wildman–Crippen LogP) is 3.44. The van der Waals surface area contributed by atoms with Crippen molar-refractivity contribution in [1.29, 1.82) is 0 Å². The zero-order chi connectivity index (χ0) is 11.1. The van der Waals surface area contributed by atoms with Crippen molar-refractivity contribution < 1.29 is 5.11 Å². The molecule has 0 spiro atoms. The average molecular weight is 355 g/mol. The number of aliphatic hydroxyl groups is 1. The zero-order valence-electron chi connectivity index (χ0n) is 8.17. The molecule has 1 aromatic heterocycles. The van der Waals surface area contributed by atoms with Crippen LogP contribution in [-0.4, -0.2) is 11.7 Å². The molecular weight excluding hydrogens is 342 g/mol. The first-order chi connectivity index (χ1) is 7.09. The lowest BCUT2D eigenvalue weighted by Crippen LogP contribution is -2.42.